The predicted octanol–water partition coefficient (Wildman–Crippen LogP) is 11.4. The number of esters is 2. The van der Waals surface area contributed by atoms with Crippen molar-refractivity contribution in [3.05, 3.63) is 0 Å². The number of ether oxygens (including phenoxy) is 2. The number of carbonyl (C=O) groups excluding carboxylic acids is 2. The first-order valence-corrected chi connectivity index (χ1v) is 21.1. The molecule has 0 bridgehead atoms. The lowest BCUT2D eigenvalue weighted by Crippen LogP contribution is -2.29. The summed E-state index contributed by atoms with van der Waals surface area (Å²) < 4.78 is 26.3. The molecule has 8 nitrogen and oxygen atoms in total. The van der Waals surface area contributed by atoms with Gasteiger partial charge in [0.15, 0.2) is 6.10 Å². The molecule has 0 aromatic carbocycles. The second-order valence-corrected chi connectivity index (χ2v) is 15.6. The monoisotopic (exact) mass is 691 g/mol. The molecular weight excluding hydrogens is 615 g/mol. The molecule has 9 heteroatoms. The Kier molecular flexibility index (Phi) is 31.6. The minimum atomic E-state index is -4.74. The summed E-state index contributed by atoms with van der Waals surface area (Å²) in [5.41, 5.74) is 0. The van der Waals surface area contributed by atoms with E-state index in [0.717, 1.165) is 50.4 Å². The van der Waals surface area contributed by atoms with E-state index in [4.69, 9.17) is 19.3 Å². The van der Waals surface area contributed by atoms with Crippen molar-refractivity contribution in [2.24, 2.45) is 11.8 Å². The first kappa shape index (κ1) is 46.0. The summed E-state index contributed by atoms with van der Waals surface area (Å²) in [6.07, 6.45) is 29.8. The van der Waals surface area contributed by atoms with Gasteiger partial charge in [0.1, 0.15) is 6.61 Å². The summed E-state index contributed by atoms with van der Waals surface area (Å²) in [6, 6.07) is 0. The summed E-state index contributed by atoms with van der Waals surface area (Å²) in [7, 11) is -4.74. The van der Waals surface area contributed by atoms with E-state index in [1.807, 2.05) is 0 Å². The van der Waals surface area contributed by atoms with Crippen LogP contribution >= 0.6 is 7.82 Å². The van der Waals surface area contributed by atoms with Crippen molar-refractivity contribution >= 4 is 19.8 Å². The minimum Gasteiger partial charge on any atom is -0.462 e. The third kappa shape index (κ3) is 36.2. The van der Waals surface area contributed by atoms with Gasteiger partial charge in [-0.15, -0.1) is 0 Å². The summed E-state index contributed by atoms with van der Waals surface area (Å²) in [6.45, 7) is 8.35. The average molecular weight is 691 g/mol. The molecule has 0 aliphatic heterocycles. The molecule has 47 heavy (non-hydrogen) atoms. The highest BCUT2D eigenvalue weighted by atomic mass is 31.2. The van der Waals surface area contributed by atoms with Crippen LogP contribution in [0.25, 0.3) is 0 Å². The topological polar surface area (TPSA) is 119 Å². The molecule has 0 aromatic rings. The first-order chi connectivity index (χ1) is 22.5. The third-order valence-electron chi connectivity index (χ3n) is 9.09. The predicted molar refractivity (Wildman–Crippen MR) is 193 cm³/mol. The second-order valence-electron chi connectivity index (χ2n) is 14.3. The highest BCUT2D eigenvalue weighted by Crippen LogP contribution is 2.36. The Balaban J connectivity index is 3.88. The molecule has 280 valence electrons. The zero-order valence-electron chi connectivity index (χ0n) is 31.0. The van der Waals surface area contributed by atoms with Gasteiger partial charge in [-0.3, -0.25) is 14.1 Å². The fourth-order valence-corrected chi connectivity index (χ4v) is 6.13. The van der Waals surface area contributed by atoms with Crippen molar-refractivity contribution in [1.29, 1.82) is 0 Å². The molecule has 0 aromatic heterocycles. The fourth-order valence-electron chi connectivity index (χ4n) is 5.77. The van der Waals surface area contributed by atoms with E-state index in [1.54, 1.807) is 0 Å². The van der Waals surface area contributed by atoms with Crippen LogP contribution in [0.15, 0.2) is 0 Å². The highest BCUT2D eigenvalue weighted by molar-refractivity contribution is 7.46. The van der Waals surface area contributed by atoms with E-state index in [-0.39, 0.29) is 19.4 Å². The van der Waals surface area contributed by atoms with Gasteiger partial charge in [-0.2, -0.15) is 0 Å². The van der Waals surface area contributed by atoms with Gasteiger partial charge in [-0.05, 0) is 24.7 Å². The van der Waals surface area contributed by atoms with Crippen molar-refractivity contribution in [2.75, 3.05) is 13.2 Å². The molecule has 1 unspecified atom stereocenters. The largest absolute Gasteiger partial charge is 0.469 e. The van der Waals surface area contributed by atoms with Crippen LogP contribution in [-0.4, -0.2) is 41.0 Å². The Morgan fingerprint density at radius 3 is 1.34 bits per heavy atom. The van der Waals surface area contributed by atoms with Crippen LogP contribution in [0.1, 0.15) is 201 Å². The molecule has 0 fully saturated rings. The molecule has 0 radical (unpaired) electrons. The van der Waals surface area contributed by atoms with E-state index in [2.05, 4.69) is 32.2 Å². The molecule has 0 rings (SSSR count). The number of unbranched alkanes of at least 4 members (excludes halogenated alkanes) is 20. The van der Waals surface area contributed by atoms with E-state index in [0.29, 0.717) is 6.42 Å². The summed E-state index contributed by atoms with van der Waals surface area (Å²) in [5, 5.41) is 0. The number of rotatable bonds is 35. The van der Waals surface area contributed by atoms with Crippen LogP contribution in [0, 0.1) is 11.8 Å². The Morgan fingerprint density at radius 1 is 0.553 bits per heavy atom. The van der Waals surface area contributed by atoms with Crippen molar-refractivity contribution in [1.82, 2.24) is 0 Å². The summed E-state index contributed by atoms with van der Waals surface area (Å²) in [4.78, 5) is 42.7. The molecule has 0 heterocycles. The van der Waals surface area contributed by atoms with Crippen LogP contribution in [-0.2, 0) is 28.2 Å². The maximum Gasteiger partial charge on any atom is 0.469 e. The van der Waals surface area contributed by atoms with Gasteiger partial charge in [0.2, 0.25) is 0 Å². The van der Waals surface area contributed by atoms with Crippen molar-refractivity contribution in [2.45, 2.75) is 207 Å². The lowest BCUT2D eigenvalue weighted by atomic mass is 9.99. The number of carbonyl (C=O) groups is 2. The lowest BCUT2D eigenvalue weighted by Gasteiger charge is -2.18. The van der Waals surface area contributed by atoms with Gasteiger partial charge >= 0.3 is 19.8 Å². The molecule has 0 amide bonds. The Morgan fingerprint density at radius 2 is 0.936 bits per heavy atom. The SMILES string of the molecule is CCC(C)CCCCCCCCCCCCCCCCC(=O)OC[C@H](COP(=O)(O)O)OC(=O)CCCCCCCCCCC(C)C. The van der Waals surface area contributed by atoms with Crippen molar-refractivity contribution in [3.63, 3.8) is 0 Å². The number of phosphoric acid groups is 1. The van der Waals surface area contributed by atoms with E-state index >= 15 is 0 Å². The van der Waals surface area contributed by atoms with Crippen LogP contribution < -0.4 is 0 Å². The molecule has 0 aliphatic rings. The molecule has 2 N–H and O–H groups in total. The quantitative estimate of drug-likeness (QED) is 0.0383. The molecule has 0 saturated heterocycles. The van der Waals surface area contributed by atoms with Gasteiger partial charge < -0.3 is 19.3 Å². The molecular formula is C38H75O8P. The summed E-state index contributed by atoms with van der Waals surface area (Å²) >= 11 is 0. The van der Waals surface area contributed by atoms with Gasteiger partial charge in [0.05, 0.1) is 6.61 Å². The lowest BCUT2D eigenvalue weighted by molar-refractivity contribution is -0.161. The third-order valence-corrected chi connectivity index (χ3v) is 9.58. The molecule has 0 saturated carbocycles. The molecule has 0 aliphatic carbocycles. The van der Waals surface area contributed by atoms with Gasteiger partial charge in [-0.25, -0.2) is 4.57 Å². The van der Waals surface area contributed by atoms with Gasteiger partial charge in [0, 0.05) is 12.8 Å². The number of phosphoric ester groups is 1. The standard InChI is InChI=1S/C38H75O8P/c1-5-35(4)29-25-21-17-12-10-8-6-7-9-11-13-18-22-26-30-37(39)44-32-36(33-45-47(41,42)43)46-38(40)31-27-23-19-15-14-16-20-24-28-34(2)3/h34-36H,5-33H2,1-4H3,(H2,41,42,43)/t35?,36-/m1/s1. The van der Waals surface area contributed by atoms with E-state index in [9.17, 15) is 14.2 Å². The highest BCUT2D eigenvalue weighted by Gasteiger charge is 2.22. The van der Waals surface area contributed by atoms with Crippen LogP contribution in [0.2, 0.25) is 0 Å². The normalized spacial score (nSPS) is 13.2. The van der Waals surface area contributed by atoms with Crippen molar-refractivity contribution in [3.8, 4) is 0 Å². The number of hydrogen-bond acceptors (Lipinski definition) is 6. The minimum absolute atomic E-state index is 0.216. The fraction of sp³-hybridized carbons (Fsp3) is 0.947. The Hall–Kier alpha value is -0.950. The number of hydrogen-bond donors (Lipinski definition) is 2. The van der Waals surface area contributed by atoms with E-state index in [1.165, 1.54) is 116 Å². The van der Waals surface area contributed by atoms with Gasteiger partial charge in [-0.1, -0.05) is 175 Å². The van der Waals surface area contributed by atoms with Crippen molar-refractivity contribution < 1.29 is 37.9 Å². The van der Waals surface area contributed by atoms with Crippen LogP contribution in [0.4, 0.5) is 0 Å². The molecule has 2 atom stereocenters. The van der Waals surface area contributed by atoms with Crippen LogP contribution in [0.3, 0.4) is 0 Å². The first-order valence-electron chi connectivity index (χ1n) is 19.6. The smallest absolute Gasteiger partial charge is 0.462 e. The average Bonchev–Trinajstić information content (AvgIpc) is 3.02. The van der Waals surface area contributed by atoms with E-state index < -0.39 is 32.5 Å². The molecule has 0 spiro atoms. The van der Waals surface area contributed by atoms with Crippen LogP contribution in [0.5, 0.6) is 0 Å². The Labute approximate surface area is 289 Å². The maximum atomic E-state index is 12.3. The zero-order valence-corrected chi connectivity index (χ0v) is 31.9. The zero-order chi connectivity index (χ0) is 35.0. The Bertz CT molecular complexity index is 769. The second kappa shape index (κ2) is 32.3. The summed E-state index contributed by atoms with van der Waals surface area (Å²) in [5.74, 6) is 0.779. The van der Waals surface area contributed by atoms with Gasteiger partial charge in [0.25, 0.3) is 0 Å². The maximum absolute atomic E-state index is 12.3.